The van der Waals surface area contributed by atoms with Crippen molar-refractivity contribution in [3.8, 4) is 6.07 Å². The number of nitriles is 1. The predicted molar refractivity (Wildman–Crippen MR) is 47.5 cm³/mol. The zero-order chi connectivity index (χ0) is 8.69. The lowest BCUT2D eigenvalue weighted by Crippen LogP contribution is -1.90. The van der Waals surface area contributed by atoms with Gasteiger partial charge in [-0.05, 0) is 13.0 Å². The van der Waals surface area contributed by atoms with E-state index in [1.54, 1.807) is 13.0 Å². The first-order valence-corrected chi connectivity index (χ1v) is 3.47. The molecule has 0 atom stereocenters. The molecule has 0 aromatic heterocycles. The fourth-order valence-electron chi connectivity index (χ4n) is 0.562. The Kier molecular flexibility index (Phi) is 5.14. The largest absolute Gasteiger partial charge is 0.261 e. The van der Waals surface area contributed by atoms with Gasteiger partial charge in [0.2, 0.25) is 0 Å². The summed E-state index contributed by atoms with van der Waals surface area (Å²) in [6.07, 6.45) is 3.30. The van der Waals surface area contributed by atoms with Gasteiger partial charge in [-0.25, -0.2) is 0 Å². The monoisotopic (exact) mass is 168 g/mol. The minimum Gasteiger partial charge on any atom is -0.261 e. The van der Waals surface area contributed by atoms with Crippen LogP contribution in [0.2, 0.25) is 0 Å². The molecular weight excluding hydrogens is 160 g/mol. The van der Waals surface area contributed by atoms with E-state index in [4.69, 9.17) is 16.9 Å². The number of aliphatic imine (C=N–C) groups is 1. The molecular formula is C8H9ClN2. The Morgan fingerprint density at radius 1 is 1.82 bits per heavy atom. The van der Waals surface area contributed by atoms with Gasteiger partial charge in [-0.15, -0.1) is 0 Å². The molecule has 0 rings (SSSR count). The topological polar surface area (TPSA) is 36.1 Å². The lowest BCUT2D eigenvalue weighted by Gasteiger charge is -1.91. The predicted octanol–water partition coefficient (Wildman–Crippen LogP) is 2.63. The summed E-state index contributed by atoms with van der Waals surface area (Å²) in [5, 5.41) is 8.95. The van der Waals surface area contributed by atoms with E-state index in [1.807, 2.05) is 6.07 Å². The zero-order valence-corrected chi connectivity index (χ0v) is 7.10. The first-order chi connectivity index (χ1) is 5.20. The molecule has 0 radical (unpaired) electrons. The molecule has 0 saturated carbocycles. The fourth-order valence-corrected chi connectivity index (χ4v) is 0.688. The maximum atomic E-state index is 8.34. The van der Waals surface area contributed by atoms with E-state index in [1.165, 1.54) is 6.20 Å². The SMILES string of the molecule is C=C/N=C(\C=C(/C)Cl)CC#N. The number of halogens is 1. The molecule has 0 aliphatic rings. The summed E-state index contributed by atoms with van der Waals surface area (Å²) >= 11 is 5.58. The highest BCUT2D eigenvalue weighted by atomic mass is 35.5. The Morgan fingerprint density at radius 3 is 2.82 bits per heavy atom. The molecule has 0 aliphatic heterocycles. The van der Waals surface area contributed by atoms with Gasteiger partial charge in [-0.3, -0.25) is 4.99 Å². The van der Waals surface area contributed by atoms with Crippen LogP contribution in [-0.4, -0.2) is 5.71 Å². The number of allylic oxidation sites excluding steroid dienone is 2. The van der Waals surface area contributed by atoms with Gasteiger partial charge in [-0.2, -0.15) is 5.26 Å². The van der Waals surface area contributed by atoms with Crippen LogP contribution >= 0.6 is 11.6 Å². The van der Waals surface area contributed by atoms with Gasteiger partial charge in [0.15, 0.2) is 0 Å². The third-order valence-electron chi connectivity index (χ3n) is 0.883. The normalized spacial score (nSPS) is 12.5. The van der Waals surface area contributed by atoms with E-state index < -0.39 is 0 Å². The third-order valence-corrected chi connectivity index (χ3v) is 0.992. The van der Waals surface area contributed by atoms with Gasteiger partial charge in [0.25, 0.3) is 0 Å². The van der Waals surface area contributed by atoms with Crippen molar-refractivity contribution >= 4 is 17.3 Å². The molecule has 0 aromatic carbocycles. The highest BCUT2D eigenvalue weighted by molar-refractivity contribution is 6.31. The maximum Gasteiger partial charge on any atom is 0.0775 e. The van der Waals surface area contributed by atoms with Crippen LogP contribution in [0.4, 0.5) is 0 Å². The van der Waals surface area contributed by atoms with Crippen LogP contribution in [0.3, 0.4) is 0 Å². The van der Waals surface area contributed by atoms with Crippen molar-refractivity contribution < 1.29 is 0 Å². The minimum atomic E-state index is 0.260. The van der Waals surface area contributed by atoms with Crippen molar-refractivity contribution in [2.45, 2.75) is 13.3 Å². The van der Waals surface area contributed by atoms with Crippen LogP contribution in [0.15, 0.2) is 28.9 Å². The van der Waals surface area contributed by atoms with Gasteiger partial charge in [0.1, 0.15) is 0 Å². The molecule has 3 heteroatoms. The smallest absolute Gasteiger partial charge is 0.0775 e. The van der Waals surface area contributed by atoms with Crippen LogP contribution < -0.4 is 0 Å². The minimum absolute atomic E-state index is 0.260. The van der Waals surface area contributed by atoms with E-state index in [-0.39, 0.29) is 6.42 Å². The van der Waals surface area contributed by atoms with Crippen molar-refractivity contribution in [2.24, 2.45) is 4.99 Å². The van der Waals surface area contributed by atoms with Crippen LogP contribution in [0.25, 0.3) is 0 Å². The molecule has 0 fully saturated rings. The molecule has 0 N–H and O–H groups in total. The molecule has 0 heterocycles. The van der Waals surface area contributed by atoms with Crippen LogP contribution in [0.5, 0.6) is 0 Å². The molecule has 0 spiro atoms. The van der Waals surface area contributed by atoms with Gasteiger partial charge < -0.3 is 0 Å². The average molecular weight is 169 g/mol. The fraction of sp³-hybridized carbons (Fsp3) is 0.250. The first kappa shape index (κ1) is 9.93. The summed E-state index contributed by atoms with van der Waals surface area (Å²) in [6.45, 7) is 5.15. The second kappa shape index (κ2) is 5.70. The molecule has 2 nitrogen and oxygen atoms in total. The van der Waals surface area contributed by atoms with E-state index in [9.17, 15) is 0 Å². The molecule has 0 aliphatic carbocycles. The van der Waals surface area contributed by atoms with Gasteiger partial charge in [0.05, 0.1) is 18.2 Å². The molecule has 11 heavy (non-hydrogen) atoms. The molecule has 0 amide bonds. The second-order valence-electron chi connectivity index (χ2n) is 1.87. The average Bonchev–Trinajstić information content (AvgIpc) is 1.87. The number of nitrogens with zero attached hydrogens (tertiary/aromatic N) is 2. The van der Waals surface area contributed by atoms with Crippen molar-refractivity contribution in [2.75, 3.05) is 0 Å². The Morgan fingerprint density at radius 2 is 2.45 bits per heavy atom. The standard InChI is InChI=1S/C8H9ClN2/c1-3-11-8(4-5-10)6-7(2)9/h3,6H,1,4H2,2H3/b7-6+,11-8-. The van der Waals surface area contributed by atoms with Crippen LogP contribution in [0.1, 0.15) is 13.3 Å². The van der Waals surface area contributed by atoms with Crippen LogP contribution in [-0.2, 0) is 0 Å². The first-order valence-electron chi connectivity index (χ1n) is 3.09. The van der Waals surface area contributed by atoms with Crippen molar-refractivity contribution in [1.82, 2.24) is 0 Å². The summed E-state index contributed by atoms with van der Waals surface area (Å²) in [6, 6.07) is 1.98. The summed E-state index contributed by atoms with van der Waals surface area (Å²) in [4.78, 5) is 3.85. The lowest BCUT2D eigenvalue weighted by atomic mass is 10.2. The summed E-state index contributed by atoms with van der Waals surface area (Å²) < 4.78 is 0. The number of rotatable bonds is 3. The van der Waals surface area contributed by atoms with E-state index >= 15 is 0 Å². The Balaban J connectivity index is 4.38. The summed E-state index contributed by atoms with van der Waals surface area (Å²) in [5.41, 5.74) is 0.634. The molecule has 0 bridgehead atoms. The van der Waals surface area contributed by atoms with Gasteiger partial charge in [-0.1, -0.05) is 18.2 Å². The molecule has 0 aromatic rings. The number of hydrogen-bond acceptors (Lipinski definition) is 2. The van der Waals surface area contributed by atoms with E-state index in [2.05, 4.69) is 11.6 Å². The van der Waals surface area contributed by atoms with E-state index in [0.29, 0.717) is 10.7 Å². The summed E-state index contributed by atoms with van der Waals surface area (Å²) in [5.74, 6) is 0. The lowest BCUT2D eigenvalue weighted by molar-refractivity contribution is 1.38. The molecule has 0 saturated heterocycles. The van der Waals surface area contributed by atoms with Crippen molar-refractivity contribution in [3.05, 3.63) is 23.9 Å². The summed E-state index contributed by atoms with van der Waals surface area (Å²) in [7, 11) is 0. The highest BCUT2D eigenvalue weighted by Crippen LogP contribution is 2.00. The number of hydrogen-bond donors (Lipinski definition) is 0. The zero-order valence-electron chi connectivity index (χ0n) is 6.34. The molecule has 0 unspecified atom stereocenters. The van der Waals surface area contributed by atoms with Gasteiger partial charge in [0, 0.05) is 11.2 Å². The van der Waals surface area contributed by atoms with Crippen molar-refractivity contribution in [1.29, 1.82) is 5.26 Å². The van der Waals surface area contributed by atoms with Gasteiger partial charge >= 0.3 is 0 Å². The third kappa shape index (κ3) is 5.38. The highest BCUT2D eigenvalue weighted by Gasteiger charge is 1.92. The Bertz CT molecular complexity index is 229. The quantitative estimate of drug-likeness (QED) is 0.597. The van der Waals surface area contributed by atoms with Crippen molar-refractivity contribution in [3.63, 3.8) is 0 Å². The second-order valence-corrected chi connectivity index (χ2v) is 2.47. The van der Waals surface area contributed by atoms with Crippen LogP contribution in [0, 0.1) is 11.3 Å². The van der Waals surface area contributed by atoms with E-state index in [0.717, 1.165) is 0 Å². The Hall–Kier alpha value is -1.07. The Labute approximate surface area is 71.5 Å². The maximum absolute atomic E-state index is 8.34. The molecule has 58 valence electrons.